The van der Waals surface area contributed by atoms with Gasteiger partial charge in [0.15, 0.2) is 15.8 Å². The van der Waals surface area contributed by atoms with Crippen molar-refractivity contribution in [3.05, 3.63) is 23.7 Å². The van der Waals surface area contributed by atoms with Crippen molar-refractivity contribution in [2.75, 3.05) is 58.2 Å². The zero-order valence-corrected chi connectivity index (χ0v) is 18.8. The maximum absolute atomic E-state index is 12.4. The zero-order valence-electron chi connectivity index (χ0n) is 18.0. The van der Waals surface area contributed by atoms with Gasteiger partial charge < -0.3 is 19.4 Å². The Hall–Kier alpha value is -1.58. The smallest absolute Gasteiger partial charge is 0.194 e. The molecule has 29 heavy (non-hydrogen) atoms. The summed E-state index contributed by atoms with van der Waals surface area (Å²) in [6, 6.07) is 4.03. The van der Waals surface area contributed by atoms with Gasteiger partial charge in [0.2, 0.25) is 0 Å². The minimum Gasteiger partial charge on any atom is -0.465 e. The highest BCUT2D eigenvalue weighted by Crippen LogP contribution is 2.26. The van der Waals surface area contributed by atoms with Crippen LogP contribution < -0.4 is 5.32 Å². The van der Waals surface area contributed by atoms with Crippen molar-refractivity contribution in [3.8, 4) is 0 Å². The number of guanidine groups is 1. The molecule has 1 aromatic heterocycles. The summed E-state index contributed by atoms with van der Waals surface area (Å²) in [5, 5.41) is 3.34. The minimum atomic E-state index is -3.09. The molecule has 164 valence electrons. The number of nitrogens with one attached hydrogen (secondary N) is 1. The van der Waals surface area contributed by atoms with E-state index in [2.05, 4.69) is 15.1 Å². The Balaban J connectivity index is 1.81. The number of morpholine rings is 1. The van der Waals surface area contributed by atoms with Crippen LogP contribution in [-0.2, 0) is 14.6 Å². The van der Waals surface area contributed by atoms with E-state index in [1.807, 2.05) is 26.0 Å². The van der Waals surface area contributed by atoms with E-state index in [-0.39, 0.29) is 11.8 Å². The molecule has 2 fully saturated rings. The van der Waals surface area contributed by atoms with Gasteiger partial charge >= 0.3 is 0 Å². The summed E-state index contributed by atoms with van der Waals surface area (Å²) in [6.07, 6.45) is 0. The molecule has 3 rings (SSSR count). The van der Waals surface area contributed by atoms with Gasteiger partial charge in [0.25, 0.3) is 0 Å². The van der Waals surface area contributed by atoms with Gasteiger partial charge in [0, 0.05) is 32.7 Å². The van der Waals surface area contributed by atoms with Gasteiger partial charge in [-0.25, -0.2) is 8.42 Å². The third-order valence-electron chi connectivity index (χ3n) is 5.67. The molecule has 1 unspecified atom stereocenters. The molecule has 1 aromatic rings. The highest BCUT2D eigenvalue weighted by molar-refractivity contribution is 7.92. The van der Waals surface area contributed by atoms with Gasteiger partial charge in [-0.05, 0) is 39.8 Å². The predicted molar refractivity (Wildman–Crippen MR) is 114 cm³/mol. The number of rotatable bonds is 5. The molecule has 9 heteroatoms. The van der Waals surface area contributed by atoms with Crippen LogP contribution in [0.2, 0.25) is 0 Å². The van der Waals surface area contributed by atoms with E-state index in [0.29, 0.717) is 32.8 Å². The Labute approximate surface area is 174 Å². The van der Waals surface area contributed by atoms with Crippen molar-refractivity contribution in [1.29, 1.82) is 0 Å². The van der Waals surface area contributed by atoms with Crippen LogP contribution >= 0.6 is 0 Å². The summed E-state index contributed by atoms with van der Waals surface area (Å²) in [4.78, 5) is 9.32. The Morgan fingerprint density at radius 3 is 2.59 bits per heavy atom. The number of aryl methyl sites for hydroxylation is 1. The van der Waals surface area contributed by atoms with Gasteiger partial charge in [0.1, 0.15) is 11.5 Å². The average molecular weight is 427 g/mol. The standard InChI is InChI=1S/C20H34N4O4S/c1-5-21-19(24-10-13-29(25,26)20(3,4)15-24)22-14-17(18-7-6-16(2)28-18)23-8-11-27-12-9-23/h6-7,17H,5,8-15H2,1-4H3,(H,21,22). The molecule has 0 aromatic carbocycles. The van der Waals surface area contributed by atoms with Crippen molar-refractivity contribution < 1.29 is 17.6 Å². The molecule has 1 atom stereocenters. The first kappa shape index (κ1) is 22.1. The fraction of sp³-hybridized carbons (Fsp3) is 0.750. The first-order valence-electron chi connectivity index (χ1n) is 10.4. The molecule has 2 aliphatic heterocycles. The van der Waals surface area contributed by atoms with E-state index in [9.17, 15) is 8.42 Å². The molecule has 2 aliphatic rings. The quantitative estimate of drug-likeness (QED) is 0.563. The minimum absolute atomic E-state index is 0.0304. The van der Waals surface area contributed by atoms with Crippen LogP contribution in [0.15, 0.2) is 21.5 Å². The summed E-state index contributed by atoms with van der Waals surface area (Å²) in [5.41, 5.74) is 0. The second-order valence-electron chi connectivity index (χ2n) is 8.31. The number of sulfone groups is 1. The van der Waals surface area contributed by atoms with Gasteiger partial charge in [-0.2, -0.15) is 0 Å². The SMILES string of the molecule is CCNC(=NCC(c1ccc(C)o1)N1CCOCC1)N1CCS(=O)(=O)C(C)(C)C1. The number of furan rings is 1. The average Bonchev–Trinajstić information content (AvgIpc) is 3.10. The fourth-order valence-electron chi connectivity index (χ4n) is 3.83. The lowest BCUT2D eigenvalue weighted by molar-refractivity contribution is 0.0135. The second kappa shape index (κ2) is 9.06. The van der Waals surface area contributed by atoms with Crippen LogP contribution in [0.4, 0.5) is 0 Å². The maximum Gasteiger partial charge on any atom is 0.194 e. The van der Waals surface area contributed by atoms with Crippen molar-refractivity contribution >= 4 is 15.8 Å². The van der Waals surface area contributed by atoms with E-state index < -0.39 is 14.6 Å². The number of nitrogens with zero attached hydrogens (tertiary/aromatic N) is 3. The molecule has 8 nitrogen and oxygen atoms in total. The number of hydrogen-bond acceptors (Lipinski definition) is 6. The lowest BCUT2D eigenvalue weighted by Crippen LogP contribution is -2.57. The molecular formula is C20H34N4O4S. The monoisotopic (exact) mass is 426 g/mol. The number of ether oxygens (including phenoxy) is 1. The molecule has 0 aliphatic carbocycles. The highest BCUT2D eigenvalue weighted by atomic mass is 32.2. The molecule has 0 spiro atoms. The van der Waals surface area contributed by atoms with Gasteiger partial charge in [-0.15, -0.1) is 0 Å². The Morgan fingerprint density at radius 1 is 1.28 bits per heavy atom. The van der Waals surface area contributed by atoms with E-state index in [4.69, 9.17) is 14.1 Å². The normalized spacial score (nSPS) is 23.7. The molecule has 0 saturated carbocycles. The first-order valence-corrected chi connectivity index (χ1v) is 12.0. The summed E-state index contributed by atoms with van der Waals surface area (Å²) in [6.45, 7) is 12.8. The summed E-state index contributed by atoms with van der Waals surface area (Å²) in [5.74, 6) is 2.70. The lowest BCUT2D eigenvalue weighted by Gasteiger charge is -2.39. The number of aliphatic imine (C=N–C) groups is 1. The largest absolute Gasteiger partial charge is 0.465 e. The summed E-state index contributed by atoms with van der Waals surface area (Å²) < 4.78 is 35.4. The fourth-order valence-corrected chi connectivity index (χ4v) is 5.20. The Kier molecular flexibility index (Phi) is 6.90. The third-order valence-corrected chi connectivity index (χ3v) is 8.20. The zero-order chi connectivity index (χ0) is 21.1. The molecule has 1 N–H and O–H groups in total. The van der Waals surface area contributed by atoms with Crippen LogP contribution in [0.3, 0.4) is 0 Å². The molecule has 3 heterocycles. The van der Waals surface area contributed by atoms with Crippen molar-refractivity contribution in [3.63, 3.8) is 0 Å². The second-order valence-corrected chi connectivity index (χ2v) is 11.1. The van der Waals surface area contributed by atoms with Crippen LogP contribution in [0, 0.1) is 6.92 Å². The molecule has 0 bridgehead atoms. The topological polar surface area (TPSA) is 87.4 Å². The maximum atomic E-state index is 12.4. The third kappa shape index (κ3) is 5.13. The van der Waals surface area contributed by atoms with Crippen LogP contribution in [0.25, 0.3) is 0 Å². The van der Waals surface area contributed by atoms with Crippen molar-refractivity contribution in [1.82, 2.24) is 15.1 Å². The number of hydrogen-bond donors (Lipinski definition) is 1. The van der Waals surface area contributed by atoms with Crippen LogP contribution in [0.1, 0.15) is 38.3 Å². The van der Waals surface area contributed by atoms with Crippen LogP contribution in [0.5, 0.6) is 0 Å². The van der Waals surface area contributed by atoms with Crippen molar-refractivity contribution in [2.45, 2.75) is 38.5 Å². The lowest BCUT2D eigenvalue weighted by atomic mass is 10.1. The highest BCUT2D eigenvalue weighted by Gasteiger charge is 2.41. The first-order chi connectivity index (χ1) is 13.7. The molecule has 0 amide bonds. The molecule has 2 saturated heterocycles. The van der Waals surface area contributed by atoms with Gasteiger partial charge in [-0.3, -0.25) is 9.89 Å². The van der Waals surface area contributed by atoms with Crippen molar-refractivity contribution in [2.24, 2.45) is 4.99 Å². The summed E-state index contributed by atoms with van der Waals surface area (Å²) in [7, 11) is -3.09. The molecule has 0 radical (unpaired) electrons. The van der Waals surface area contributed by atoms with E-state index in [0.717, 1.165) is 37.1 Å². The van der Waals surface area contributed by atoms with Gasteiger partial charge in [-0.1, -0.05) is 0 Å². The van der Waals surface area contributed by atoms with E-state index in [1.165, 1.54) is 0 Å². The van der Waals surface area contributed by atoms with E-state index in [1.54, 1.807) is 13.8 Å². The molecular weight excluding hydrogens is 392 g/mol. The van der Waals surface area contributed by atoms with E-state index >= 15 is 0 Å². The summed E-state index contributed by atoms with van der Waals surface area (Å²) >= 11 is 0. The van der Waals surface area contributed by atoms with Gasteiger partial charge in [0.05, 0.1) is 36.3 Å². The predicted octanol–water partition coefficient (Wildman–Crippen LogP) is 1.44. The Morgan fingerprint density at radius 2 is 2.00 bits per heavy atom. The Bertz CT molecular complexity index is 812. The van der Waals surface area contributed by atoms with Crippen LogP contribution in [-0.4, -0.2) is 87.2 Å².